The number of aliphatic hydroxyl groups is 1. The predicted octanol–water partition coefficient (Wildman–Crippen LogP) is 1.83. The third-order valence-corrected chi connectivity index (χ3v) is 5.82. The summed E-state index contributed by atoms with van der Waals surface area (Å²) in [5, 5.41) is 9.30. The maximum atomic E-state index is 12.6. The normalized spacial score (nSPS) is 20.9. The van der Waals surface area contributed by atoms with E-state index in [0.717, 1.165) is 17.5 Å². The molecule has 1 aromatic rings. The van der Waals surface area contributed by atoms with Crippen LogP contribution in [0.25, 0.3) is 0 Å². The summed E-state index contributed by atoms with van der Waals surface area (Å²) in [7, 11) is -3.43. The van der Waals surface area contributed by atoms with Crippen molar-refractivity contribution in [3.8, 4) is 0 Å². The Labute approximate surface area is 115 Å². The smallest absolute Gasteiger partial charge is 0.243 e. The first-order valence-corrected chi connectivity index (χ1v) is 8.01. The van der Waals surface area contributed by atoms with Gasteiger partial charge in [0, 0.05) is 13.1 Å². The number of sulfonamides is 1. The van der Waals surface area contributed by atoms with Crippen LogP contribution in [0, 0.1) is 19.8 Å². The van der Waals surface area contributed by atoms with E-state index < -0.39 is 10.0 Å². The Morgan fingerprint density at radius 2 is 2.00 bits per heavy atom. The SMILES string of the molecule is Cc1cc(C)c(S(=O)(=O)N2CCC(C)C2)cc1CO. The predicted molar refractivity (Wildman–Crippen MR) is 74.4 cm³/mol. The summed E-state index contributed by atoms with van der Waals surface area (Å²) in [6, 6.07) is 3.45. The first kappa shape index (κ1) is 14.5. The molecule has 1 aromatic carbocycles. The fourth-order valence-electron chi connectivity index (χ4n) is 2.57. The van der Waals surface area contributed by atoms with Crippen LogP contribution in [0.2, 0.25) is 0 Å². The fourth-order valence-corrected chi connectivity index (χ4v) is 4.41. The van der Waals surface area contributed by atoms with Crippen LogP contribution < -0.4 is 0 Å². The maximum Gasteiger partial charge on any atom is 0.243 e. The zero-order valence-corrected chi connectivity index (χ0v) is 12.5. The third-order valence-electron chi connectivity index (χ3n) is 3.81. The summed E-state index contributed by atoms with van der Waals surface area (Å²) in [5.74, 6) is 0.415. The number of hydrogen-bond donors (Lipinski definition) is 1. The summed E-state index contributed by atoms with van der Waals surface area (Å²) in [6.07, 6.45) is 0.914. The molecule has 1 atom stereocenters. The Bertz CT molecular complexity index is 581. The van der Waals surface area contributed by atoms with Crippen molar-refractivity contribution >= 4 is 10.0 Å². The van der Waals surface area contributed by atoms with E-state index in [-0.39, 0.29) is 6.61 Å². The van der Waals surface area contributed by atoms with Crippen molar-refractivity contribution in [2.45, 2.75) is 38.7 Å². The van der Waals surface area contributed by atoms with Gasteiger partial charge in [-0.05, 0) is 48.9 Å². The minimum absolute atomic E-state index is 0.134. The molecule has 1 unspecified atom stereocenters. The summed E-state index contributed by atoms with van der Waals surface area (Å²) in [5.41, 5.74) is 2.35. The van der Waals surface area contributed by atoms with Crippen LogP contribution in [0.4, 0.5) is 0 Å². The Hall–Kier alpha value is -0.910. The van der Waals surface area contributed by atoms with E-state index in [2.05, 4.69) is 6.92 Å². The average molecular weight is 283 g/mol. The van der Waals surface area contributed by atoms with E-state index in [1.165, 1.54) is 0 Å². The molecule has 0 bridgehead atoms. The van der Waals surface area contributed by atoms with Crippen molar-refractivity contribution in [1.82, 2.24) is 4.31 Å². The molecule has 2 rings (SSSR count). The van der Waals surface area contributed by atoms with Gasteiger partial charge in [0.25, 0.3) is 0 Å². The lowest BCUT2D eigenvalue weighted by Gasteiger charge is -2.19. The van der Waals surface area contributed by atoms with Crippen molar-refractivity contribution in [2.75, 3.05) is 13.1 Å². The van der Waals surface area contributed by atoms with Gasteiger partial charge in [0.1, 0.15) is 0 Å². The molecule has 1 saturated heterocycles. The van der Waals surface area contributed by atoms with Crippen molar-refractivity contribution in [2.24, 2.45) is 5.92 Å². The van der Waals surface area contributed by atoms with Crippen molar-refractivity contribution in [1.29, 1.82) is 0 Å². The molecule has 0 amide bonds. The van der Waals surface area contributed by atoms with Gasteiger partial charge in [-0.15, -0.1) is 0 Å². The second kappa shape index (κ2) is 5.23. The Kier molecular flexibility index (Phi) is 3.99. The van der Waals surface area contributed by atoms with Crippen LogP contribution in [-0.4, -0.2) is 30.9 Å². The molecule has 0 radical (unpaired) electrons. The van der Waals surface area contributed by atoms with Crippen LogP contribution in [0.3, 0.4) is 0 Å². The minimum atomic E-state index is -3.43. The highest BCUT2D eigenvalue weighted by Crippen LogP contribution is 2.27. The first-order valence-electron chi connectivity index (χ1n) is 6.57. The molecule has 106 valence electrons. The molecule has 5 heteroatoms. The molecule has 1 N–H and O–H groups in total. The van der Waals surface area contributed by atoms with E-state index in [1.54, 1.807) is 17.3 Å². The lowest BCUT2D eigenvalue weighted by molar-refractivity contribution is 0.280. The molecule has 1 fully saturated rings. The number of hydrogen-bond acceptors (Lipinski definition) is 3. The van der Waals surface area contributed by atoms with Gasteiger partial charge in [-0.1, -0.05) is 13.0 Å². The van der Waals surface area contributed by atoms with Crippen LogP contribution >= 0.6 is 0 Å². The van der Waals surface area contributed by atoms with Gasteiger partial charge in [0.05, 0.1) is 11.5 Å². The highest BCUT2D eigenvalue weighted by atomic mass is 32.2. The van der Waals surface area contributed by atoms with E-state index in [1.807, 2.05) is 13.0 Å². The van der Waals surface area contributed by atoms with Crippen LogP contribution in [0.15, 0.2) is 17.0 Å². The lowest BCUT2D eigenvalue weighted by Crippen LogP contribution is -2.29. The van der Waals surface area contributed by atoms with E-state index in [4.69, 9.17) is 0 Å². The van der Waals surface area contributed by atoms with Crippen LogP contribution in [0.5, 0.6) is 0 Å². The number of benzene rings is 1. The van der Waals surface area contributed by atoms with Gasteiger partial charge in [-0.3, -0.25) is 0 Å². The molecule has 0 aliphatic carbocycles. The third kappa shape index (κ3) is 2.68. The largest absolute Gasteiger partial charge is 0.392 e. The van der Waals surface area contributed by atoms with Crippen molar-refractivity contribution < 1.29 is 13.5 Å². The molecular weight excluding hydrogens is 262 g/mol. The van der Waals surface area contributed by atoms with Gasteiger partial charge >= 0.3 is 0 Å². The van der Waals surface area contributed by atoms with Crippen molar-refractivity contribution in [3.05, 3.63) is 28.8 Å². The van der Waals surface area contributed by atoms with Gasteiger partial charge in [0.15, 0.2) is 0 Å². The molecule has 19 heavy (non-hydrogen) atoms. The van der Waals surface area contributed by atoms with Crippen LogP contribution in [0.1, 0.15) is 30.0 Å². The quantitative estimate of drug-likeness (QED) is 0.920. The van der Waals surface area contributed by atoms with Gasteiger partial charge in [0.2, 0.25) is 10.0 Å². The molecule has 1 aliphatic rings. The number of aliphatic hydroxyl groups excluding tert-OH is 1. The maximum absolute atomic E-state index is 12.6. The molecule has 0 saturated carbocycles. The summed E-state index contributed by atoms with van der Waals surface area (Å²) < 4.78 is 26.8. The highest BCUT2D eigenvalue weighted by Gasteiger charge is 2.31. The molecule has 1 heterocycles. The zero-order chi connectivity index (χ0) is 14.2. The number of rotatable bonds is 3. The minimum Gasteiger partial charge on any atom is -0.392 e. The Morgan fingerprint density at radius 3 is 2.53 bits per heavy atom. The fraction of sp³-hybridized carbons (Fsp3) is 0.571. The van der Waals surface area contributed by atoms with E-state index in [0.29, 0.717) is 29.5 Å². The van der Waals surface area contributed by atoms with E-state index in [9.17, 15) is 13.5 Å². The Balaban J connectivity index is 2.46. The molecular formula is C14H21NO3S. The van der Waals surface area contributed by atoms with Crippen molar-refractivity contribution in [3.63, 3.8) is 0 Å². The standard InChI is InChI=1S/C14H21NO3S/c1-10-4-5-15(8-10)19(17,18)14-7-13(9-16)11(2)6-12(14)3/h6-7,10,16H,4-5,8-9H2,1-3H3. The summed E-state index contributed by atoms with van der Waals surface area (Å²) >= 11 is 0. The number of aryl methyl sites for hydroxylation is 2. The lowest BCUT2D eigenvalue weighted by atomic mass is 10.1. The first-order chi connectivity index (χ1) is 8.86. The second-order valence-electron chi connectivity index (χ2n) is 5.46. The number of nitrogens with zero attached hydrogens (tertiary/aromatic N) is 1. The van der Waals surface area contributed by atoms with Crippen LogP contribution in [-0.2, 0) is 16.6 Å². The summed E-state index contributed by atoms with van der Waals surface area (Å²) in [4.78, 5) is 0.330. The van der Waals surface area contributed by atoms with Gasteiger partial charge in [-0.2, -0.15) is 4.31 Å². The monoisotopic (exact) mass is 283 g/mol. The molecule has 4 nitrogen and oxygen atoms in total. The Morgan fingerprint density at radius 1 is 1.32 bits per heavy atom. The zero-order valence-electron chi connectivity index (χ0n) is 11.7. The second-order valence-corrected chi connectivity index (χ2v) is 7.37. The highest BCUT2D eigenvalue weighted by molar-refractivity contribution is 7.89. The molecule has 0 aromatic heterocycles. The average Bonchev–Trinajstić information content (AvgIpc) is 2.76. The van der Waals surface area contributed by atoms with Gasteiger partial charge < -0.3 is 5.11 Å². The molecule has 0 spiro atoms. The van der Waals surface area contributed by atoms with Gasteiger partial charge in [-0.25, -0.2) is 8.42 Å². The topological polar surface area (TPSA) is 57.6 Å². The van der Waals surface area contributed by atoms with E-state index >= 15 is 0 Å². The summed E-state index contributed by atoms with van der Waals surface area (Å²) in [6.45, 7) is 6.80. The molecule has 1 aliphatic heterocycles.